The van der Waals surface area contributed by atoms with E-state index in [4.69, 9.17) is 10.6 Å². The molecule has 1 unspecified atom stereocenters. The number of hydrogen-bond donors (Lipinski definition) is 5. The SMILES string of the molecule is CC(C)CC(NC(=O)OCc1ccccc1)C(=O)N[C@@H](Cc1ccccc1)C(=O)C(=O)N[C@@H](CNN)Cc1ccccc1. The first kappa shape index (κ1) is 33.0. The standard InChI is InChI=1S/C33H41N5O5/c1-23(2)18-29(38-33(42)43-22-26-16-10-5-11-17-26)31(40)37-28(20-25-14-8-4-9-15-25)30(39)32(41)36-27(21-35-34)19-24-12-6-3-7-13-24/h3-17,23,27-29,35H,18-22,34H2,1-2H3,(H,36,41)(H,37,40)(H,38,42)/t27-,28+,29?/m1/s1. The van der Waals surface area contributed by atoms with Crippen molar-refractivity contribution in [2.24, 2.45) is 11.8 Å². The van der Waals surface area contributed by atoms with E-state index in [9.17, 15) is 19.2 Å². The van der Waals surface area contributed by atoms with E-state index in [-0.39, 0.29) is 25.5 Å². The lowest BCUT2D eigenvalue weighted by molar-refractivity contribution is -0.140. The average Bonchev–Trinajstić information content (AvgIpc) is 3.00. The second-order valence-electron chi connectivity index (χ2n) is 10.8. The van der Waals surface area contributed by atoms with Gasteiger partial charge in [-0.2, -0.15) is 0 Å². The Balaban J connectivity index is 1.72. The Morgan fingerprint density at radius 2 is 1.23 bits per heavy atom. The van der Waals surface area contributed by atoms with Crippen LogP contribution in [0.2, 0.25) is 0 Å². The number of carbonyl (C=O) groups excluding carboxylic acids is 4. The molecule has 10 nitrogen and oxygen atoms in total. The van der Waals surface area contributed by atoms with Gasteiger partial charge >= 0.3 is 6.09 Å². The van der Waals surface area contributed by atoms with Crippen LogP contribution >= 0.6 is 0 Å². The van der Waals surface area contributed by atoms with Crippen LogP contribution in [-0.2, 0) is 38.6 Å². The molecule has 0 radical (unpaired) electrons. The Morgan fingerprint density at radius 1 is 0.698 bits per heavy atom. The largest absolute Gasteiger partial charge is 0.445 e. The van der Waals surface area contributed by atoms with Gasteiger partial charge in [0.15, 0.2) is 0 Å². The smallest absolute Gasteiger partial charge is 0.408 e. The number of nitrogens with two attached hydrogens (primary N) is 1. The Kier molecular flexibility index (Phi) is 13.4. The summed E-state index contributed by atoms with van der Waals surface area (Å²) in [5.41, 5.74) is 5.08. The molecule has 3 aromatic rings. The van der Waals surface area contributed by atoms with Crippen molar-refractivity contribution >= 4 is 23.7 Å². The third kappa shape index (κ3) is 11.7. The zero-order chi connectivity index (χ0) is 31.0. The third-order valence-corrected chi connectivity index (χ3v) is 6.69. The molecule has 228 valence electrons. The number of rotatable bonds is 16. The van der Waals surface area contributed by atoms with E-state index in [0.29, 0.717) is 12.8 Å². The molecular weight excluding hydrogens is 546 g/mol. The number of alkyl carbamates (subject to hydrolysis) is 1. The first-order valence-corrected chi connectivity index (χ1v) is 14.4. The molecule has 3 atom stereocenters. The van der Waals surface area contributed by atoms with Gasteiger partial charge < -0.3 is 20.7 Å². The topological polar surface area (TPSA) is 152 Å². The van der Waals surface area contributed by atoms with Crippen LogP contribution in [0, 0.1) is 5.92 Å². The highest BCUT2D eigenvalue weighted by Crippen LogP contribution is 2.10. The maximum Gasteiger partial charge on any atom is 0.408 e. The molecule has 0 heterocycles. The van der Waals surface area contributed by atoms with E-state index in [1.165, 1.54) is 0 Å². The molecule has 0 bridgehead atoms. The fourth-order valence-electron chi connectivity index (χ4n) is 4.57. The van der Waals surface area contributed by atoms with Gasteiger partial charge in [0.2, 0.25) is 11.7 Å². The average molecular weight is 588 g/mol. The summed E-state index contributed by atoms with van der Waals surface area (Å²) in [5.74, 6) is 3.35. The summed E-state index contributed by atoms with van der Waals surface area (Å²) in [6, 6.07) is 25.2. The van der Waals surface area contributed by atoms with Crippen LogP contribution in [0.15, 0.2) is 91.0 Å². The van der Waals surface area contributed by atoms with Crippen molar-refractivity contribution in [3.05, 3.63) is 108 Å². The first-order chi connectivity index (χ1) is 20.7. The summed E-state index contributed by atoms with van der Waals surface area (Å²) in [5, 5.41) is 8.11. The van der Waals surface area contributed by atoms with Gasteiger partial charge in [0.1, 0.15) is 18.7 Å². The summed E-state index contributed by atoms with van der Waals surface area (Å²) in [6.07, 6.45) is 0.0768. The highest BCUT2D eigenvalue weighted by atomic mass is 16.5. The van der Waals surface area contributed by atoms with Crippen LogP contribution in [0.5, 0.6) is 0 Å². The van der Waals surface area contributed by atoms with E-state index in [0.717, 1.165) is 16.7 Å². The molecule has 0 saturated carbocycles. The molecule has 0 aromatic heterocycles. The van der Waals surface area contributed by atoms with Gasteiger partial charge in [-0.1, -0.05) is 105 Å². The molecular formula is C33H41N5O5. The molecule has 0 aliphatic heterocycles. The van der Waals surface area contributed by atoms with Crippen LogP contribution in [0.4, 0.5) is 4.79 Å². The number of hydrazine groups is 1. The van der Waals surface area contributed by atoms with Crippen molar-refractivity contribution in [1.82, 2.24) is 21.4 Å². The summed E-state index contributed by atoms with van der Waals surface area (Å²) in [6.45, 7) is 4.10. The minimum atomic E-state index is -1.17. The van der Waals surface area contributed by atoms with Gasteiger partial charge in [-0.3, -0.25) is 25.7 Å². The number of carbonyl (C=O) groups is 4. The van der Waals surface area contributed by atoms with Crippen molar-refractivity contribution in [2.45, 2.75) is 57.8 Å². The molecule has 0 saturated heterocycles. The second kappa shape index (κ2) is 17.4. The van der Waals surface area contributed by atoms with Crippen LogP contribution in [0.1, 0.15) is 37.0 Å². The predicted molar refractivity (Wildman–Crippen MR) is 164 cm³/mol. The van der Waals surface area contributed by atoms with Crippen LogP contribution in [-0.4, -0.2) is 48.4 Å². The summed E-state index contributed by atoms with van der Waals surface area (Å²) < 4.78 is 5.31. The number of nitrogens with one attached hydrogen (secondary N) is 4. The van der Waals surface area contributed by atoms with E-state index >= 15 is 0 Å². The van der Waals surface area contributed by atoms with Gasteiger partial charge in [0, 0.05) is 19.0 Å². The molecule has 3 rings (SSSR count). The molecule has 3 aromatic carbocycles. The van der Waals surface area contributed by atoms with Crippen molar-refractivity contribution in [2.75, 3.05) is 6.54 Å². The lowest BCUT2D eigenvalue weighted by Crippen LogP contribution is -2.56. The van der Waals surface area contributed by atoms with E-state index in [1.807, 2.05) is 105 Å². The minimum Gasteiger partial charge on any atom is -0.445 e. The molecule has 0 fully saturated rings. The number of hydrogen-bond acceptors (Lipinski definition) is 7. The number of benzene rings is 3. The normalized spacial score (nSPS) is 12.9. The monoisotopic (exact) mass is 587 g/mol. The van der Waals surface area contributed by atoms with E-state index < -0.39 is 41.8 Å². The maximum absolute atomic E-state index is 13.5. The molecule has 0 spiro atoms. The van der Waals surface area contributed by atoms with Crippen LogP contribution < -0.4 is 27.2 Å². The van der Waals surface area contributed by atoms with E-state index in [1.54, 1.807) is 0 Å². The summed E-state index contributed by atoms with van der Waals surface area (Å²) >= 11 is 0. The lowest BCUT2D eigenvalue weighted by Gasteiger charge is -2.24. The number of ketones is 1. The Hall–Kier alpha value is -4.54. The molecule has 3 amide bonds. The Labute approximate surface area is 252 Å². The minimum absolute atomic E-state index is 0.0410. The Bertz CT molecular complexity index is 1310. The predicted octanol–water partition coefficient (Wildman–Crippen LogP) is 2.81. The van der Waals surface area contributed by atoms with Crippen LogP contribution in [0.3, 0.4) is 0 Å². The zero-order valence-electron chi connectivity index (χ0n) is 24.6. The quantitative estimate of drug-likeness (QED) is 0.0982. The summed E-state index contributed by atoms with van der Waals surface area (Å²) in [7, 11) is 0. The second-order valence-corrected chi connectivity index (χ2v) is 10.8. The molecule has 6 N–H and O–H groups in total. The third-order valence-electron chi connectivity index (χ3n) is 6.69. The maximum atomic E-state index is 13.5. The molecule has 0 aliphatic rings. The van der Waals surface area contributed by atoms with Gasteiger partial charge in [-0.05, 0) is 35.4 Å². The summed E-state index contributed by atoms with van der Waals surface area (Å²) in [4.78, 5) is 52.8. The van der Waals surface area contributed by atoms with Crippen molar-refractivity contribution in [3.63, 3.8) is 0 Å². The number of ether oxygens (including phenoxy) is 1. The molecule has 10 heteroatoms. The molecule has 43 heavy (non-hydrogen) atoms. The lowest BCUT2D eigenvalue weighted by atomic mass is 9.99. The number of Topliss-reactive ketones (excluding diaryl/α,β-unsaturated/α-hetero) is 1. The van der Waals surface area contributed by atoms with Gasteiger partial charge in [0.05, 0.1) is 0 Å². The van der Waals surface area contributed by atoms with Gasteiger partial charge in [-0.15, -0.1) is 0 Å². The fourth-order valence-corrected chi connectivity index (χ4v) is 4.57. The highest BCUT2D eigenvalue weighted by Gasteiger charge is 2.32. The van der Waals surface area contributed by atoms with Crippen molar-refractivity contribution in [1.29, 1.82) is 0 Å². The molecule has 0 aliphatic carbocycles. The fraction of sp³-hybridized carbons (Fsp3) is 0.333. The van der Waals surface area contributed by atoms with Crippen molar-refractivity contribution < 1.29 is 23.9 Å². The highest BCUT2D eigenvalue weighted by molar-refractivity contribution is 6.38. The van der Waals surface area contributed by atoms with Gasteiger partial charge in [-0.25, -0.2) is 4.79 Å². The number of amides is 3. The van der Waals surface area contributed by atoms with Crippen molar-refractivity contribution in [3.8, 4) is 0 Å². The van der Waals surface area contributed by atoms with E-state index in [2.05, 4.69) is 21.4 Å². The Morgan fingerprint density at radius 3 is 1.77 bits per heavy atom. The van der Waals surface area contributed by atoms with Crippen LogP contribution in [0.25, 0.3) is 0 Å². The van der Waals surface area contributed by atoms with Gasteiger partial charge in [0.25, 0.3) is 5.91 Å². The zero-order valence-corrected chi connectivity index (χ0v) is 24.6. The first-order valence-electron chi connectivity index (χ1n) is 14.4.